The number of benzene rings is 1. The summed E-state index contributed by atoms with van der Waals surface area (Å²) in [7, 11) is 0. The van der Waals surface area contributed by atoms with Gasteiger partial charge < -0.3 is 9.80 Å². The number of amides is 2. The number of thioether (sulfide) groups is 1. The molecule has 0 radical (unpaired) electrons. The molecule has 2 amide bonds. The highest BCUT2D eigenvalue weighted by Gasteiger charge is 2.31. The molecule has 0 unspecified atom stereocenters. The molecule has 0 saturated carbocycles. The normalized spacial score (nSPS) is 15.8. The van der Waals surface area contributed by atoms with E-state index in [0.29, 0.717) is 31.4 Å². The highest BCUT2D eigenvalue weighted by molar-refractivity contribution is 8.00. The van der Waals surface area contributed by atoms with Crippen molar-refractivity contribution in [2.45, 2.75) is 44.8 Å². The zero-order chi connectivity index (χ0) is 17.9. The van der Waals surface area contributed by atoms with Gasteiger partial charge in [-0.25, -0.2) is 0 Å². The third kappa shape index (κ3) is 4.53. The Morgan fingerprint density at radius 3 is 2.08 bits per heavy atom. The van der Waals surface area contributed by atoms with Gasteiger partial charge in [0.1, 0.15) is 0 Å². The Hall–Kier alpha value is -1.49. The summed E-state index contributed by atoms with van der Waals surface area (Å²) in [5.74, 6) is 0.229. The second-order valence-electron chi connectivity index (χ2n) is 7.50. The monoisotopic (exact) mass is 348 g/mol. The van der Waals surface area contributed by atoms with Gasteiger partial charge in [-0.15, -0.1) is 11.8 Å². The first-order chi connectivity index (χ1) is 11.2. The van der Waals surface area contributed by atoms with Crippen LogP contribution in [0.1, 0.15) is 45.0 Å². The predicted molar refractivity (Wildman–Crippen MR) is 99.4 cm³/mol. The SMILES string of the molecule is CC(C)Sc1ccccc1C(=O)N1CCN(C(=O)C(C)(C)C)CC1. The van der Waals surface area contributed by atoms with Gasteiger partial charge in [0.2, 0.25) is 5.91 Å². The molecule has 24 heavy (non-hydrogen) atoms. The summed E-state index contributed by atoms with van der Waals surface area (Å²) in [6.45, 7) is 12.5. The van der Waals surface area contributed by atoms with Crippen molar-refractivity contribution >= 4 is 23.6 Å². The molecule has 4 nitrogen and oxygen atoms in total. The summed E-state index contributed by atoms with van der Waals surface area (Å²) in [6, 6.07) is 7.80. The molecule has 1 aliphatic rings. The molecular weight excluding hydrogens is 320 g/mol. The standard InChI is InChI=1S/C19H28N2O2S/c1-14(2)24-16-9-7-6-8-15(16)17(22)20-10-12-21(13-11-20)18(23)19(3,4)5/h6-9,14H,10-13H2,1-5H3. The van der Waals surface area contributed by atoms with Crippen molar-refractivity contribution in [2.75, 3.05) is 26.2 Å². The Bertz CT molecular complexity index is 600. The summed E-state index contributed by atoms with van der Waals surface area (Å²) >= 11 is 1.71. The fraction of sp³-hybridized carbons (Fsp3) is 0.579. The van der Waals surface area contributed by atoms with E-state index >= 15 is 0 Å². The van der Waals surface area contributed by atoms with Crippen LogP contribution in [0.4, 0.5) is 0 Å². The molecular formula is C19H28N2O2S. The first-order valence-electron chi connectivity index (χ1n) is 8.54. The van der Waals surface area contributed by atoms with Gasteiger partial charge in [-0.1, -0.05) is 46.8 Å². The Kier molecular flexibility index (Phi) is 5.97. The Morgan fingerprint density at radius 2 is 1.54 bits per heavy atom. The minimum atomic E-state index is -0.368. The average Bonchev–Trinajstić information content (AvgIpc) is 2.53. The molecule has 132 valence electrons. The summed E-state index contributed by atoms with van der Waals surface area (Å²) in [5.41, 5.74) is 0.402. The quantitative estimate of drug-likeness (QED) is 0.785. The number of nitrogens with zero attached hydrogens (tertiary/aromatic N) is 2. The van der Waals surface area contributed by atoms with Crippen molar-refractivity contribution in [1.82, 2.24) is 9.80 Å². The molecule has 0 atom stereocenters. The largest absolute Gasteiger partial charge is 0.339 e. The van der Waals surface area contributed by atoms with Crippen molar-refractivity contribution < 1.29 is 9.59 Å². The van der Waals surface area contributed by atoms with Gasteiger partial charge in [-0.05, 0) is 12.1 Å². The van der Waals surface area contributed by atoms with Gasteiger partial charge in [0.25, 0.3) is 5.91 Å². The summed E-state index contributed by atoms with van der Waals surface area (Å²) in [5, 5.41) is 0.431. The molecule has 0 bridgehead atoms. The first-order valence-corrected chi connectivity index (χ1v) is 9.42. The van der Waals surface area contributed by atoms with Crippen molar-refractivity contribution in [2.24, 2.45) is 5.41 Å². The minimum absolute atomic E-state index is 0.0709. The van der Waals surface area contributed by atoms with Crippen LogP contribution in [0.15, 0.2) is 29.2 Å². The van der Waals surface area contributed by atoms with Crippen LogP contribution in [0.25, 0.3) is 0 Å². The number of piperazine rings is 1. The van der Waals surface area contributed by atoms with E-state index in [9.17, 15) is 9.59 Å². The number of carbonyl (C=O) groups is 2. The van der Waals surface area contributed by atoms with E-state index in [2.05, 4.69) is 13.8 Å². The molecule has 5 heteroatoms. The number of rotatable bonds is 3. The zero-order valence-electron chi connectivity index (χ0n) is 15.3. The van der Waals surface area contributed by atoms with Crippen LogP contribution in [-0.4, -0.2) is 53.0 Å². The third-order valence-electron chi connectivity index (χ3n) is 3.98. The van der Waals surface area contributed by atoms with Crippen LogP contribution in [0.5, 0.6) is 0 Å². The second-order valence-corrected chi connectivity index (χ2v) is 9.12. The van der Waals surface area contributed by atoms with Crippen LogP contribution >= 0.6 is 11.8 Å². The lowest BCUT2D eigenvalue weighted by atomic mass is 9.94. The van der Waals surface area contributed by atoms with E-state index < -0.39 is 0 Å². The molecule has 1 fully saturated rings. The van der Waals surface area contributed by atoms with Crippen molar-refractivity contribution in [3.05, 3.63) is 29.8 Å². The van der Waals surface area contributed by atoms with Crippen LogP contribution < -0.4 is 0 Å². The Labute approximate surface area is 149 Å². The number of hydrogen-bond acceptors (Lipinski definition) is 3. The molecule has 1 aliphatic heterocycles. The molecule has 1 aromatic carbocycles. The van der Waals surface area contributed by atoms with E-state index in [1.807, 2.05) is 54.8 Å². The molecule has 1 heterocycles. The van der Waals surface area contributed by atoms with Gasteiger partial charge >= 0.3 is 0 Å². The highest BCUT2D eigenvalue weighted by Crippen LogP contribution is 2.28. The fourth-order valence-electron chi connectivity index (χ4n) is 2.76. The fourth-order valence-corrected chi connectivity index (χ4v) is 3.70. The second kappa shape index (κ2) is 7.60. The van der Waals surface area contributed by atoms with Crippen LogP contribution in [0.2, 0.25) is 0 Å². The van der Waals surface area contributed by atoms with E-state index in [0.717, 1.165) is 10.5 Å². The Morgan fingerprint density at radius 1 is 1.00 bits per heavy atom. The van der Waals surface area contributed by atoms with Crippen molar-refractivity contribution in [1.29, 1.82) is 0 Å². The van der Waals surface area contributed by atoms with E-state index in [-0.39, 0.29) is 17.2 Å². The molecule has 0 spiro atoms. The van der Waals surface area contributed by atoms with E-state index in [1.165, 1.54) is 0 Å². The smallest absolute Gasteiger partial charge is 0.255 e. The summed E-state index contributed by atoms with van der Waals surface area (Å²) in [4.78, 5) is 30.0. The van der Waals surface area contributed by atoms with Crippen LogP contribution in [0, 0.1) is 5.41 Å². The molecule has 1 saturated heterocycles. The lowest BCUT2D eigenvalue weighted by molar-refractivity contribution is -0.140. The maximum absolute atomic E-state index is 12.9. The van der Waals surface area contributed by atoms with Crippen molar-refractivity contribution in [3.63, 3.8) is 0 Å². The van der Waals surface area contributed by atoms with Crippen LogP contribution in [-0.2, 0) is 4.79 Å². The van der Waals surface area contributed by atoms with Gasteiger partial charge in [0.15, 0.2) is 0 Å². The van der Waals surface area contributed by atoms with Crippen molar-refractivity contribution in [3.8, 4) is 0 Å². The van der Waals surface area contributed by atoms with Crippen LogP contribution in [0.3, 0.4) is 0 Å². The molecule has 1 aromatic rings. The maximum atomic E-state index is 12.9. The minimum Gasteiger partial charge on any atom is -0.339 e. The molecule has 0 aromatic heterocycles. The molecule has 0 aliphatic carbocycles. The topological polar surface area (TPSA) is 40.6 Å². The number of carbonyl (C=O) groups excluding carboxylic acids is 2. The molecule has 0 N–H and O–H groups in total. The Balaban J connectivity index is 2.05. The van der Waals surface area contributed by atoms with Gasteiger partial charge in [-0.3, -0.25) is 9.59 Å². The van der Waals surface area contributed by atoms with Gasteiger partial charge in [-0.2, -0.15) is 0 Å². The van der Waals surface area contributed by atoms with Gasteiger partial charge in [0.05, 0.1) is 5.56 Å². The highest BCUT2D eigenvalue weighted by atomic mass is 32.2. The lowest BCUT2D eigenvalue weighted by Gasteiger charge is -2.37. The summed E-state index contributed by atoms with van der Waals surface area (Å²) < 4.78 is 0. The first kappa shape index (κ1) is 18.8. The molecule has 2 rings (SSSR count). The zero-order valence-corrected chi connectivity index (χ0v) is 16.2. The van der Waals surface area contributed by atoms with E-state index in [1.54, 1.807) is 11.8 Å². The lowest BCUT2D eigenvalue weighted by Crippen LogP contribution is -2.53. The van der Waals surface area contributed by atoms with E-state index in [4.69, 9.17) is 0 Å². The summed E-state index contributed by atoms with van der Waals surface area (Å²) in [6.07, 6.45) is 0. The average molecular weight is 349 g/mol. The predicted octanol–water partition coefficient (Wildman–Crippen LogP) is 3.52. The van der Waals surface area contributed by atoms with Gasteiger partial charge in [0, 0.05) is 41.7 Å². The maximum Gasteiger partial charge on any atom is 0.255 e. The number of hydrogen-bond donors (Lipinski definition) is 0. The third-order valence-corrected chi connectivity index (χ3v) is 5.06.